The molecule has 2 aromatic rings. The van der Waals surface area contributed by atoms with E-state index in [0.29, 0.717) is 17.9 Å². The molecule has 21 heavy (non-hydrogen) atoms. The van der Waals surface area contributed by atoms with Crippen LogP contribution in [0.2, 0.25) is 0 Å². The first-order valence-electron chi connectivity index (χ1n) is 7.13. The van der Waals surface area contributed by atoms with Crippen molar-refractivity contribution < 1.29 is 4.79 Å². The number of carbonyl (C=O) groups is 1. The first kappa shape index (κ1) is 15.2. The summed E-state index contributed by atoms with van der Waals surface area (Å²) in [7, 11) is 1.86. The molecule has 0 fully saturated rings. The first-order chi connectivity index (χ1) is 10.1. The topological polar surface area (TPSA) is 85.8 Å². The molecule has 0 radical (unpaired) electrons. The van der Waals surface area contributed by atoms with Crippen molar-refractivity contribution in [2.75, 3.05) is 5.32 Å². The maximum atomic E-state index is 12.1. The molecule has 1 amide bonds. The molecule has 112 valence electrons. The van der Waals surface area contributed by atoms with Gasteiger partial charge in [0.25, 0.3) is 0 Å². The zero-order chi connectivity index (χ0) is 15.2. The summed E-state index contributed by atoms with van der Waals surface area (Å²) in [5.41, 5.74) is 7.43. The lowest BCUT2D eigenvalue weighted by molar-refractivity contribution is -0.117. The van der Waals surface area contributed by atoms with E-state index in [1.807, 2.05) is 35.9 Å². The highest BCUT2D eigenvalue weighted by Gasteiger charge is 2.16. The normalized spacial score (nSPS) is 12.1. The van der Waals surface area contributed by atoms with Gasteiger partial charge in [-0.05, 0) is 18.6 Å². The third-order valence-electron chi connectivity index (χ3n) is 3.34. The highest BCUT2D eigenvalue weighted by molar-refractivity contribution is 5.97. The number of para-hydroxylation sites is 1. The Hall–Kier alpha value is -2.21. The van der Waals surface area contributed by atoms with Crippen molar-refractivity contribution in [1.82, 2.24) is 14.8 Å². The molecule has 0 saturated heterocycles. The van der Waals surface area contributed by atoms with Gasteiger partial charge in [0.05, 0.1) is 11.7 Å². The second kappa shape index (κ2) is 6.99. The van der Waals surface area contributed by atoms with Crippen LogP contribution in [0.15, 0.2) is 30.6 Å². The molecule has 1 atom stereocenters. The van der Waals surface area contributed by atoms with Crippen LogP contribution in [0.5, 0.6) is 0 Å². The SMILES string of the molecule is CCCC[C@H](N)C(=O)Nc1ccccc1-c1nncn1C. The van der Waals surface area contributed by atoms with Gasteiger partial charge < -0.3 is 15.6 Å². The molecular weight excluding hydrogens is 266 g/mol. The number of benzene rings is 1. The lowest BCUT2D eigenvalue weighted by Crippen LogP contribution is -2.35. The zero-order valence-electron chi connectivity index (χ0n) is 12.4. The van der Waals surface area contributed by atoms with E-state index in [0.717, 1.165) is 18.4 Å². The summed E-state index contributed by atoms with van der Waals surface area (Å²) in [6.07, 6.45) is 4.28. The summed E-state index contributed by atoms with van der Waals surface area (Å²) in [6.45, 7) is 2.08. The fourth-order valence-corrected chi connectivity index (χ4v) is 2.09. The number of hydrogen-bond acceptors (Lipinski definition) is 4. The summed E-state index contributed by atoms with van der Waals surface area (Å²) >= 11 is 0. The number of unbranched alkanes of at least 4 members (excludes halogenated alkanes) is 1. The molecule has 1 heterocycles. The van der Waals surface area contributed by atoms with E-state index < -0.39 is 6.04 Å². The number of amides is 1. The summed E-state index contributed by atoms with van der Waals surface area (Å²) in [5, 5.41) is 10.8. The van der Waals surface area contributed by atoms with Crippen molar-refractivity contribution in [1.29, 1.82) is 0 Å². The number of rotatable bonds is 6. The Morgan fingerprint density at radius 1 is 1.43 bits per heavy atom. The van der Waals surface area contributed by atoms with Crippen molar-refractivity contribution in [3.8, 4) is 11.4 Å². The van der Waals surface area contributed by atoms with E-state index in [9.17, 15) is 4.79 Å². The van der Waals surface area contributed by atoms with E-state index in [-0.39, 0.29) is 5.91 Å². The molecule has 6 nitrogen and oxygen atoms in total. The molecule has 0 saturated carbocycles. The Labute approximate surface area is 124 Å². The van der Waals surface area contributed by atoms with Gasteiger partial charge in [-0.25, -0.2) is 0 Å². The Kier molecular flexibility index (Phi) is 5.05. The van der Waals surface area contributed by atoms with Gasteiger partial charge in [-0.3, -0.25) is 4.79 Å². The van der Waals surface area contributed by atoms with E-state index in [4.69, 9.17) is 5.73 Å². The number of nitrogens with one attached hydrogen (secondary N) is 1. The number of aryl methyl sites for hydroxylation is 1. The molecule has 0 spiro atoms. The van der Waals surface area contributed by atoms with Gasteiger partial charge in [0.15, 0.2) is 5.82 Å². The molecule has 1 aromatic heterocycles. The molecule has 0 aliphatic rings. The van der Waals surface area contributed by atoms with Crippen LogP contribution in [0.1, 0.15) is 26.2 Å². The van der Waals surface area contributed by atoms with Crippen LogP contribution >= 0.6 is 0 Å². The standard InChI is InChI=1S/C15H21N5O/c1-3-4-8-12(16)15(21)18-13-9-6-5-7-11(13)14-19-17-10-20(14)2/h5-7,9-10,12H,3-4,8,16H2,1-2H3,(H,18,21)/t12-/m0/s1. The number of anilines is 1. The third-order valence-corrected chi connectivity index (χ3v) is 3.34. The predicted molar refractivity (Wildman–Crippen MR) is 82.6 cm³/mol. The Morgan fingerprint density at radius 2 is 2.19 bits per heavy atom. The molecule has 1 aromatic carbocycles. The lowest BCUT2D eigenvalue weighted by atomic mass is 10.1. The first-order valence-corrected chi connectivity index (χ1v) is 7.13. The van der Waals surface area contributed by atoms with Crippen LogP contribution in [0.3, 0.4) is 0 Å². The largest absolute Gasteiger partial charge is 0.324 e. The average Bonchev–Trinajstić information content (AvgIpc) is 2.91. The van der Waals surface area contributed by atoms with Gasteiger partial charge in [0.1, 0.15) is 6.33 Å². The molecule has 2 rings (SSSR count). The van der Waals surface area contributed by atoms with E-state index in [2.05, 4.69) is 22.4 Å². The van der Waals surface area contributed by atoms with Gasteiger partial charge in [-0.1, -0.05) is 31.9 Å². The fourth-order valence-electron chi connectivity index (χ4n) is 2.09. The van der Waals surface area contributed by atoms with Crippen LogP contribution in [0.25, 0.3) is 11.4 Å². The Balaban J connectivity index is 2.18. The molecule has 0 bridgehead atoms. The van der Waals surface area contributed by atoms with Crippen molar-refractivity contribution >= 4 is 11.6 Å². The zero-order valence-corrected chi connectivity index (χ0v) is 12.4. The van der Waals surface area contributed by atoms with Gasteiger partial charge in [-0.2, -0.15) is 0 Å². The van der Waals surface area contributed by atoms with Gasteiger partial charge in [-0.15, -0.1) is 10.2 Å². The second-order valence-corrected chi connectivity index (χ2v) is 5.05. The Bertz CT molecular complexity index is 608. The van der Waals surface area contributed by atoms with Crippen molar-refractivity contribution in [2.45, 2.75) is 32.2 Å². The van der Waals surface area contributed by atoms with Crippen LogP contribution in [-0.4, -0.2) is 26.7 Å². The third kappa shape index (κ3) is 3.66. The second-order valence-electron chi connectivity index (χ2n) is 5.05. The fraction of sp³-hybridized carbons (Fsp3) is 0.400. The molecule has 0 unspecified atom stereocenters. The summed E-state index contributed by atoms with van der Waals surface area (Å²) in [6, 6.07) is 7.02. The molecule has 0 aliphatic heterocycles. The van der Waals surface area contributed by atoms with Crippen LogP contribution in [-0.2, 0) is 11.8 Å². The van der Waals surface area contributed by atoms with Crippen molar-refractivity contribution in [3.05, 3.63) is 30.6 Å². The minimum atomic E-state index is -0.488. The maximum absolute atomic E-state index is 12.1. The van der Waals surface area contributed by atoms with Gasteiger partial charge in [0, 0.05) is 12.6 Å². The summed E-state index contributed by atoms with van der Waals surface area (Å²) in [5.74, 6) is 0.533. The highest BCUT2D eigenvalue weighted by atomic mass is 16.2. The minimum absolute atomic E-state index is 0.168. The molecule has 3 N–H and O–H groups in total. The summed E-state index contributed by atoms with van der Waals surface area (Å²) < 4.78 is 1.81. The lowest BCUT2D eigenvalue weighted by Gasteiger charge is -2.14. The molecule has 6 heteroatoms. The Morgan fingerprint density at radius 3 is 2.86 bits per heavy atom. The summed E-state index contributed by atoms with van der Waals surface area (Å²) in [4.78, 5) is 12.1. The average molecular weight is 287 g/mol. The van der Waals surface area contributed by atoms with E-state index >= 15 is 0 Å². The number of nitrogens with zero attached hydrogens (tertiary/aromatic N) is 3. The molecular formula is C15H21N5O. The van der Waals surface area contributed by atoms with Crippen LogP contribution in [0, 0.1) is 0 Å². The van der Waals surface area contributed by atoms with Crippen molar-refractivity contribution in [3.63, 3.8) is 0 Å². The van der Waals surface area contributed by atoms with E-state index in [1.54, 1.807) is 6.33 Å². The predicted octanol–water partition coefficient (Wildman–Crippen LogP) is 1.94. The maximum Gasteiger partial charge on any atom is 0.241 e. The quantitative estimate of drug-likeness (QED) is 0.850. The highest BCUT2D eigenvalue weighted by Crippen LogP contribution is 2.25. The van der Waals surface area contributed by atoms with Gasteiger partial charge >= 0.3 is 0 Å². The van der Waals surface area contributed by atoms with E-state index in [1.165, 1.54) is 0 Å². The number of hydrogen-bond donors (Lipinski definition) is 2. The number of carbonyl (C=O) groups excluding carboxylic acids is 1. The monoisotopic (exact) mass is 287 g/mol. The number of aromatic nitrogens is 3. The molecule has 0 aliphatic carbocycles. The smallest absolute Gasteiger partial charge is 0.241 e. The van der Waals surface area contributed by atoms with Crippen LogP contribution < -0.4 is 11.1 Å². The van der Waals surface area contributed by atoms with Crippen LogP contribution in [0.4, 0.5) is 5.69 Å². The minimum Gasteiger partial charge on any atom is -0.324 e. The number of nitrogens with two attached hydrogens (primary N) is 1. The van der Waals surface area contributed by atoms with Crippen molar-refractivity contribution in [2.24, 2.45) is 12.8 Å². The van der Waals surface area contributed by atoms with Gasteiger partial charge in [0.2, 0.25) is 5.91 Å².